The van der Waals surface area contributed by atoms with E-state index in [9.17, 15) is 19.5 Å². The largest absolute Gasteiger partial charge is 0.466 e. The van der Waals surface area contributed by atoms with Gasteiger partial charge in [0, 0.05) is 6.54 Å². The first-order valence-electron chi connectivity index (χ1n) is 10.5. The van der Waals surface area contributed by atoms with Crippen LogP contribution in [0.25, 0.3) is 0 Å². The zero-order chi connectivity index (χ0) is 23.7. The Morgan fingerprint density at radius 3 is 1.71 bits per heavy atom. The standard InChI is InChI=1S/C23H37NO7/c1-18(2)10-8-14-30-21(26)17-23(28,22(27)31-15-9-11-19(3)4)16-20(25)29-13-7-6-12-24-5/h28H,1,3,5-17H2,2,4H3. The van der Waals surface area contributed by atoms with Crippen LogP contribution in [0.4, 0.5) is 0 Å². The van der Waals surface area contributed by atoms with Crippen LogP contribution in [-0.4, -0.2) is 61.7 Å². The van der Waals surface area contributed by atoms with Gasteiger partial charge in [0.1, 0.15) is 0 Å². The number of hydrogen-bond acceptors (Lipinski definition) is 8. The third-order valence-corrected chi connectivity index (χ3v) is 4.22. The maximum Gasteiger partial charge on any atom is 0.339 e. The zero-order valence-electron chi connectivity index (χ0n) is 19.0. The summed E-state index contributed by atoms with van der Waals surface area (Å²) < 4.78 is 15.2. The summed E-state index contributed by atoms with van der Waals surface area (Å²) in [6.07, 6.45) is 2.30. The molecule has 1 atom stereocenters. The molecule has 0 bridgehead atoms. The van der Waals surface area contributed by atoms with Crippen LogP contribution in [0.5, 0.6) is 0 Å². The van der Waals surface area contributed by atoms with Gasteiger partial charge in [-0.05, 0) is 59.1 Å². The molecule has 0 heterocycles. The number of ether oxygens (including phenoxy) is 3. The van der Waals surface area contributed by atoms with Gasteiger partial charge in [0.25, 0.3) is 0 Å². The van der Waals surface area contributed by atoms with Crippen LogP contribution >= 0.6 is 0 Å². The number of nitrogens with zero attached hydrogens (tertiary/aromatic N) is 1. The van der Waals surface area contributed by atoms with Crippen molar-refractivity contribution in [3.63, 3.8) is 0 Å². The summed E-state index contributed by atoms with van der Waals surface area (Å²) >= 11 is 0. The second-order valence-corrected chi connectivity index (χ2v) is 7.74. The Morgan fingerprint density at radius 2 is 1.26 bits per heavy atom. The molecule has 1 unspecified atom stereocenters. The van der Waals surface area contributed by atoms with Gasteiger partial charge in [-0.2, -0.15) is 0 Å². The third kappa shape index (κ3) is 15.0. The molecule has 0 aliphatic carbocycles. The van der Waals surface area contributed by atoms with E-state index in [1.54, 1.807) is 0 Å². The van der Waals surface area contributed by atoms with Crippen LogP contribution in [-0.2, 0) is 28.6 Å². The molecule has 0 fully saturated rings. The molecular weight excluding hydrogens is 402 g/mol. The van der Waals surface area contributed by atoms with Crippen LogP contribution in [0.1, 0.15) is 65.2 Å². The average molecular weight is 440 g/mol. The molecule has 8 heteroatoms. The second kappa shape index (κ2) is 16.2. The Kier molecular flexibility index (Phi) is 14.9. The maximum atomic E-state index is 12.5. The monoisotopic (exact) mass is 439 g/mol. The van der Waals surface area contributed by atoms with Gasteiger partial charge in [-0.1, -0.05) is 11.1 Å². The Labute approximate surface area is 185 Å². The lowest BCUT2D eigenvalue weighted by Gasteiger charge is -2.24. The van der Waals surface area contributed by atoms with Gasteiger partial charge < -0.3 is 24.3 Å². The number of rotatable bonds is 18. The number of aliphatic imine (C=N–C) groups is 1. The van der Waals surface area contributed by atoms with E-state index in [0.717, 1.165) is 11.1 Å². The molecule has 0 aliphatic rings. The topological polar surface area (TPSA) is 111 Å². The molecule has 0 saturated heterocycles. The summed E-state index contributed by atoms with van der Waals surface area (Å²) in [5, 5.41) is 10.8. The fourth-order valence-corrected chi connectivity index (χ4v) is 2.53. The Bertz CT molecular complexity index is 629. The smallest absolute Gasteiger partial charge is 0.339 e. The van der Waals surface area contributed by atoms with Crippen molar-refractivity contribution in [2.75, 3.05) is 26.4 Å². The van der Waals surface area contributed by atoms with Crippen molar-refractivity contribution in [2.45, 2.75) is 70.8 Å². The molecule has 1 N–H and O–H groups in total. The highest BCUT2D eigenvalue weighted by molar-refractivity contribution is 5.90. The molecule has 0 rings (SSSR count). The highest BCUT2D eigenvalue weighted by atomic mass is 16.6. The highest BCUT2D eigenvalue weighted by Crippen LogP contribution is 2.20. The first-order chi connectivity index (χ1) is 14.6. The van der Waals surface area contributed by atoms with Gasteiger partial charge in [0.2, 0.25) is 0 Å². The predicted molar refractivity (Wildman–Crippen MR) is 119 cm³/mol. The third-order valence-electron chi connectivity index (χ3n) is 4.22. The van der Waals surface area contributed by atoms with Gasteiger partial charge in [0.15, 0.2) is 5.60 Å². The van der Waals surface area contributed by atoms with E-state index in [1.165, 1.54) is 0 Å². The summed E-state index contributed by atoms with van der Waals surface area (Å²) in [5.41, 5.74) is -0.466. The van der Waals surface area contributed by atoms with E-state index in [2.05, 4.69) is 24.9 Å². The van der Waals surface area contributed by atoms with Crippen molar-refractivity contribution in [3.05, 3.63) is 24.3 Å². The summed E-state index contributed by atoms with van der Waals surface area (Å²) in [6, 6.07) is 0. The quantitative estimate of drug-likeness (QED) is 0.115. The Hall–Kier alpha value is -2.48. The number of carbonyl (C=O) groups excluding carboxylic acids is 3. The minimum Gasteiger partial charge on any atom is -0.466 e. The molecule has 0 amide bonds. The van der Waals surface area contributed by atoms with Gasteiger partial charge in [-0.3, -0.25) is 9.59 Å². The molecule has 0 aromatic carbocycles. The number of allylic oxidation sites excluding steroid dienone is 2. The van der Waals surface area contributed by atoms with E-state index in [0.29, 0.717) is 45.1 Å². The summed E-state index contributed by atoms with van der Waals surface area (Å²) in [4.78, 5) is 40.5. The van der Waals surface area contributed by atoms with E-state index < -0.39 is 36.4 Å². The average Bonchev–Trinajstić information content (AvgIpc) is 2.67. The van der Waals surface area contributed by atoms with Gasteiger partial charge in [-0.15, -0.1) is 13.2 Å². The maximum absolute atomic E-state index is 12.5. The van der Waals surface area contributed by atoms with Crippen LogP contribution in [0.2, 0.25) is 0 Å². The van der Waals surface area contributed by atoms with Crippen LogP contribution in [0, 0.1) is 0 Å². The van der Waals surface area contributed by atoms with Crippen molar-refractivity contribution in [1.82, 2.24) is 0 Å². The number of aliphatic hydroxyl groups is 1. The van der Waals surface area contributed by atoms with Crippen LogP contribution in [0.3, 0.4) is 0 Å². The highest BCUT2D eigenvalue weighted by Gasteiger charge is 2.43. The van der Waals surface area contributed by atoms with Crippen LogP contribution in [0.15, 0.2) is 29.3 Å². The van der Waals surface area contributed by atoms with Crippen LogP contribution < -0.4 is 0 Å². The molecule has 31 heavy (non-hydrogen) atoms. The molecule has 0 saturated carbocycles. The van der Waals surface area contributed by atoms with Gasteiger partial charge in [-0.25, -0.2) is 4.79 Å². The first kappa shape index (κ1) is 28.5. The van der Waals surface area contributed by atoms with Crippen molar-refractivity contribution in [1.29, 1.82) is 0 Å². The van der Waals surface area contributed by atoms with E-state index in [4.69, 9.17) is 14.2 Å². The predicted octanol–water partition coefficient (Wildman–Crippen LogP) is 3.32. The fourth-order valence-electron chi connectivity index (χ4n) is 2.53. The number of hydrogen-bond donors (Lipinski definition) is 1. The minimum absolute atomic E-state index is 0.0330. The molecule has 0 aliphatic heterocycles. The molecule has 0 radical (unpaired) electrons. The van der Waals surface area contributed by atoms with Gasteiger partial charge >= 0.3 is 17.9 Å². The SMILES string of the molecule is C=NCCCCOC(=O)CC(O)(CC(=O)OCCCC(=C)C)C(=O)OCCCC(=C)C. The number of unbranched alkanes of at least 4 members (excludes halogenated alkanes) is 1. The molecule has 176 valence electrons. The lowest BCUT2D eigenvalue weighted by atomic mass is 9.95. The van der Waals surface area contributed by atoms with Crippen molar-refractivity contribution < 1.29 is 33.7 Å². The minimum atomic E-state index is -2.35. The van der Waals surface area contributed by atoms with Crippen molar-refractivity contribution in [3.8, 4) is 0 Å². The summed E-state index contributed by atoms with van der Waals surface area (Å²) in [7, 11) is 0. The van der Waals surface area contributed by atoms with E-state index in [1.807, 2.05) is 13.8 Å². The molecule has 0 spiro atoms. The summed E-state index contributed by atoms with van der Waals surface area (Å²) in [6.45, 7) is 15.4. The molecule has 8 nitrogen and oxygen atoms in total. The first-order valence-corrected chi connectivity index (χ1v) is 10.5. The van der Waals surface area contributed by atoms with Crippen molar-refractivity contribution in [2.24, 2.45) is 4.99 Å². The Morgan fingerprint density at radius 1 is 0.806 bits per heavy atom. The zero-order valence-corrected chi connectivity index (χ0v) is 19.0. The second-order valence-electron chi connectivity index (χ2n) is 7.74. The van der Waals surface area contributed by atoms with Gasteiger partial charge in [0.05, 0.1) is 32.7 Å². The number of carbonyl (C=O) groups is 3. The lowest BCUT2D eigenvalue weighted by molar-refractivity contribution is -0.178. The molecule has 0 aromatic rings. The molecule has 0 aromatic heterocycles. The van der Waals surface area contributed by atoms with E-state index >= 15 is 0 Å². The summed E-state index contributed by atoms with van der Waals surface area (Å²) in [5.74, 6) is -2.66. The normalized spacial score (nSPS) is 12.4. The number of esters is 3. The lowest BCUT2D eigenvalue weighted by Crippen LogP contribution is -2.45. The fraction of sp³-hybridized carbons (Fsp3) is 0.652. The van der Waals surface area contributed by atoms with Crippen molar-refractivity contribution >= 4 is 24.6 Å². The Balaban J connectivity index is 4.84. The van der Waals surface area contributed by atoms with E-state index in [-0.39, 0.29) is 19.8 Å². The molecular formula is C23H37NO7.